The molecule has 3 rings (SSSR count). The van der Waals surface area contributed by atoms with Gasteiger partial charge in [-0.05, 0) is 47.9 Å². The van der Waals surface area contributed by atoms with Gasteiger partial charge in [0.15, 0.2) is 0 Å². The largest absolute Gasteiger partial charge is 0.306 e. The third-order valence-corrected chi connectivity index (χ3v) is 4.59. The van der Waals surface area contributed by atoms with Crippen molar-refractivity contribution in [2.24, 2.45) is 0 Å². The minimum absolute atomic E-state index is 0.502. The van der Waals surface area contributed by atoms with Crippen LogP contribution in [0.15, 0.2) is 48.5 Å². The van der Waals surface area contributed by atoms with E-state index in [1.165, 1.54) is 35.1 Å². The van der Waals surface area contributed by atoms with Crippen LogP contribution in [0.2, 0.25) is 0 Å². The lowest BCUT2D eigenvalue weighted by Gasteiger charge is -2.30. The van der Waals surface area contributed by atoms with Crippen molar-refractivity contribution in [3.63, 3.8) is 0 Å². The van der Waals surface area contributed by atoms with E-state index >= 15 is 0 Å². The maximum atomic E-state index is 3.76. The smallest absolute Gasteiger partial charge is 0.0326 e. The molecule has 0 bridgehead atoms. The molecule has 0 spiro atoms. The number of nitrogens with one attached hydrogen (secondary N) is 1. The summed E-state index contributed by atoms with van der Waals surface area (Å²) in [5.41, 5.74) is 5.81. The van der Waals surface area contributed by atoms with Crippen molar-refractivity contribution in [2.75, 3.05) is 0 Å². The van der Waals surface area contributed by atoms with Gasteiger partial charge in [-0.1, -0.05) is 55.5 Å². The van der Waals surface area contributed by atoms with Gasteiger partial charge in [0.1, 0.15) is 0 Å². The molecule has 0 amide bonds. The normalized spacial score (nSPS) is 21.5. The second kappa shape index (κ2) is 5.80. The molecule has 1 aliphatic rings. The zero-order valence-electron chi connectivity index (χ0n) is 12.4. The van der Waals surface area contributed by atoms with Crippen molar-refractivity contribution in [1.29, 1.82) is 0 Å². The Morgan fingerprint density at radius 3 is 2.45 bits per heavy atom. The minimum atomic E-state index is 0.502. The van der Waals surface area contributed by atoms with E-state index in [4.69, 9.17) is 0 Å². The highest BCUT2D eigenvalue weighted by Crippen LogP contribution is 2.37. The first kappa shape index (κ1) is 13.4. The van der Waals surface area contributed by atoms with E-state index in [2.05, 4.69) is 67.7 Å². The van der Waals surface area contributed by atoms with Crippen LogP contribution in [-0.4, -0.2) is 0 Å². The van der Waals surface area contributed by atoms with Gasteiger partial charge in [-0.25, -0.2) is 0 Å². The predicted octanol–water partition coefficient (Wildman–Crippen LogP) is 4.72. The summed E-state index contributed by atoms with van der Waals surface area (Å²) in [6, 6.07) is 18.1. The summed E-state index contributed by atoms with van der Waals surface area (Å²) in [4.78, 5) is 0. The van der Waals surface area contributed by atoms with Crippen LogP contribution in [0, 0.1) is 6.92 Å². The maximum absolute atomic E-state index is 3.76. The molecular weight excluding hydrogens is 242 g/mol. The van der Waals surface area contributed by atoms with Crippen molar-refractivity contribution in [3.8, 4) is 0 Å². The number of benzene rings is 2. The molecule has 104 valence electrons. The van der Waals surface area contributed by atoms with Gasteiger partial charge in [0.2, 0.25) is 0 Å². The van der Waals surface area contributed by atoms with Gasteiger partial charge in [0.25, 0.3) is 0 Å². The summed E-state index contributed by atoms with van der Waals surface area (Å²) < 4.78 is 0. The molecule has 1 heteroatoms. The molecule has 0 fully saturated rings. The number of hydrogen-bond donors (Lipinski definition) is 1. The van der Waals surface area contributed by atoms with Gasteiger partial charge in [0.05, 0.1) is 0 Å². The van der Waals surface area contributed by atoms with E-state index in [0.29, 0.717) is 12.0 Å². The quantitative estimate of drug-likeness (QED) is 0.846. The molecule has 0 aromatic heterocycles. The number of aryl methyl sites for hydroxylation is 1. The monoisotopic (exact) mass is 265 g/mol. The van der Waals surface area contributed by atoms with Gasteiger partial charge in [0, 0.05) is 12.6 Å². The van der Waals surface area contributed by atoms with Gasteiger partial charge in [-0.2, -0.15) is 0 Å². The van der Waals surface area contributed by atoms with Crippen LogP contribution < -0.4 is 5.32 Å². The van der Waals surface area contributed by atoms with E-state index < -0.39 is 0 Å². The minimum Gasteiger partial charge on any atom is -0.306 e. The Balaban J connectivity index is 1.76. The van der Waals surface area contributed by atoms with E-state index in [0.717, 1.165) is 6.54 Å². The Morgan fingerprint density at radius 1 is 0.950 bits per heavy atom. The summed E-state index contributed by atoms with van der Waals surface area (Å²) in [6.45, 7) is 5.49. The highest BCUT2D eigenvalue weighted by molar-refractivity contribution is 5.35. The second-order valence-corrected chi connectivity index (χ2v) is 5.97. The van der Waals surface area contributed by atoms with Crippen LogP contribution >= 0.6 is 0 Å². The summed E-state index contributed by atoms with van der Waals surface area (Å²) in [6.07, 6.45) is 2.52. The number of fused-ring (bicyclic) bond motifs is 1. The Morgan fingerprint density at radius 2 is 1.65 bits per heavy atom. The third kappa shape index (κ3) is 2.64. The zero-order valence-corrected chi connectivity index (χ0v) is 12.4. The van der Waals surface area contributed by atoms with Crippen molar-refractivity contribution in [2.45, 2.75) is 45.2 Å². The fourth-order valence-electron chi connectivity index (χ4n) is 3.26. The van der Waals surface area contributed by atoms with Gasteiger partial charge < -0.3 is 5.32 Å². The molecule has 0 aliphatic heterocycles. The molecule has 1 aliphatic carbocycles. The van der Waals surface area contributed by atoms with Gasteiger partial charge >= 0.3 is 0 Å². The van der Waals surface area contributed by atoms with Crippen LogP contribution in [-0.2, 0) is 6.54 Å². The lowest BCUT2D eigenvalue weighted by molar-refractivity contribution is 0.431. The van der Waals surface area contributed by atoms with Crippen LogP contribution in [0.5, 0.6) is 0 Å². The Bertz CT molecular complexity index is 588. The second-order valence-electron chi connectivity index (χ2n) is 5.97. The van der Waals surface area contributed by atoms with Crippen LogP contribution in [0.1, 0.15) is 54.0 Å². The van der Waals surface area contributed by atoms with Gasteiger partial charge in [-0.15, -0.1) is 0 Å². The molecule has 2 aromatic carbocycles. The maximum Gasteiger partial charge on any atom is 0.0326 e. The average molecular weight is 265 g/mol. The molecule has 0 saturated heterocycles. The Labute approximate surface area is 122 Å². The zero-order chi connectivity index (χ0) is 13.9. The summed E-state index contributed by atoms with van der Waals surface area (Å²) in [7, 11) is 0. The standard InChI is InChI=1S/C19H23N/c1-14-7-3-4-8-16(14)13-20-19-12-11-15(2)17-9-5-6-10-18(17)19/h3-10,15,19-20H,11-13H2,1-2H3. The van der Waals surface area contributed by atoms with Crippen molar-refractivity contribution in [3.05, 3.63) is 70.8 Å². The van der Waals surface area contributed by atoms with E-state index in [1.54, 1.807) is 0 Å². The van der Waals surface area contributed by atoms with Crippen molar-refractivity contribution in [1.82, 2.24) is 5.32 Å². The van der Waals surface area contributed by atoms with Crippen LogP contribution in [0.25, 0.3) is 0 Å². The fourth-order valence-corrected chi connectivity index (χ4v) is 3.26. The first-order chi connectivity index (χ1) is 9.75. The molecule has 0 heterocycles. The molecule has 2 unspecified atom stereocenters. The van der Waals surface area contributed by atoms with Crippen molar-refractivity contribution < 1.29 is 0 Å². The topological polar surface area (TPSA) is 12.0 Å². The SMILES string of the molecule is Cc1ccccc1CNC1CCC(C)c2ccccc21. The first-order valence-electron chi connectivity index (χ1n) is 7.62. The summed E-state index contributed by atoms with van der Waals surface area (Å²) in [5.74, 6) is 0.697. The van der Waals surface area contributed by atoms with E-state index in [1.807, 2.05) is 0 Å². The first-order valence-corrected chi connectivity index (χ1v) is 7.62. The molecule has 1 nitrogen and oxygen atoms in total. The summed E-state index contributed by atoms with van der Waals surface area (Å²) >= 11 is 0. The van der Waals surface area contributed by atoms with Crippen LogP contribution in [0.4, 0.5) is 0 Å². The molecule has 2 atom stereocenters. The lowest BCUT2D eigenvalue weighted by atomic mass is 9.81. The van der Waals surface area contributed by atoms with Crippen LogP contribution in [0.3, 0.4) is 0 Å². The average Bonchev–Trinajstić information content (AvgIpc) is 2.48. The van der Waals surface area contributed by atoms with Crippen molar-refractivity contribution >= 4 is 0 Å². The van der Waals surface area contributed by atoms with E-state index in [9.17, 15) is 0 Å². The fraction of sp³-hybridized carbons (Fsp3) is 0.368. The Kier molecular flexibility index (Phi) is 3.88. The Hall–Kier alpha value is -1.60. The third-order valence-electron chi connectivity index (χ3n) is 4.59. The van der Waals surface area contributed by atoms with Gasteiger partial charge in [-0.3, -0.25) is 0 Å². The molecule has 20 heavy (non-hydrogen) atoms. The number of hydrogen-bond acceptors (Lipinski definition) is 1. The summed E-state index contributed by atoms with van der Waals surface area (Å²) in [5, 5.41) is 3.76. The highest BCUT2D eigenvalue weighted by atomic mass is 14.9. The van der Waals surface area contributed by atoms with E-state index in [-0.39, 0.29) is 0 Å². The lowest BCUT2D eigenvalue weighted by Crippen LogP contribution is -2.26. The predicted molar refractivity (Wildman–Crippen MR) is 84.9 cm³/mol. The molecular formula is C19H23N. The molecule has 0 saturated carbocycles. The highest BCUT2D eigenvalue weighted by Gasteiger charge is 2.23. The number of rotatable bonds is 3. The molecule has 2 aromatic rings. The molecule has 1 N–H and O–H groups in total. The molecule has 0 radical (unpaired) electrons.